The SMILES string of the molecule is Cc1ccc(C[C@@H](NC(=O)C(=O)Nc2cc(C#N)ccn2)c2ccccn2)cc1. The van der Waals surface area contributed by atoms with Crippen LogP contribution in [0.3, 0.4) is 0 Å². The molecule has 3 aromatic rings. The van der Waals surface area contributed by atoms with Crippen molar-refractivity contribution in [3.05, 3.63) is 89.4 Å². The molecule has 0 saturated carbocycles. The normalized spacial score (nSPS) is 11.2. The number of nitriles is 1. The highest BCUT2D eigenvalue weighted by Gasteiger charge is 2.21. The molecular weight excluding hydrogens is 366 g/mol. The second-order valence-corrected chi connectivity index (χ2v) is 6.47. The molecule has 7 nitrogen and oxygen atoms in total. The van der Waals surface area contributed by atoms with Gasteiger partial charge < -0.3 is 10.6 Å². The average molecular weight is 385 g/mol. The van der Waals surface area contributed by atoms with E-state index in [0.29, 0.717) is 17.7 Å². The van der Waals surface area contributed by atoms with Gasteiger partial charge in [-0.2, -0.15) is 5.26 Å². The number of carbonyl (C=O) groups is 2. The number of benzene rings is 1. The summed E-state index contributed by atoms with van der Waals surface area (Å²) in [6, 6.07) is 17.7. The first-order chi connectivity index (χ1) is 14.0. The first-order valence-corrected chi connectivity index (χ1v) is 8.99. The Balaban J connectivity index is 1.74. The van der Waals surface area contributed by atoms with Crippen molar-refractivity contribution in [2.75, 3.05) is 5.32 Å². The molecule has 7 heteroatoms. The van der Waals surface area contributed by atoms with E-state index < -0.39 is 17.9 Å². The van der Waals surface area contributed by atoms with Crippen LogP contribution in [0.1, 0.15) is 28.4 Å². The summed E-state index contributed by atoms with van der Waals surface area (Å²) in [5.41, 5.74) is 3.13. The van der Waals surface area contributed by atoms with Gasteiger partial charge in [0.1, 0.15) is 5.82 Å². The van der Waals surface area contributed by atoms with Crippen molar-refractivity contribution in [1.29, 1.82) is 5.26 Å². The largest absolute Gasteiger partial charge is 0.339 e. The maximum atomic E-state index is 12.5. The van der Waals surface area contributed by atoms with Gasteiger partial charge in [0, 0.05) is 12.4 Å². The van der Waals surface area contributed by atoms with Gasteiger partial charge in [0.05, 0.1) is 23.4 Å². The van der Waals surface area contributed by atoms with Crippen molar-refractivity contribution in [2.24, 2.45) is 0 Å². The molecular formula is C22H19N5O2. The van der Waals surface area contributed by atoms with Crippen LogP contribution in [0.15, 0.2) is 67.0 Å². The summed E-state index contributed by atoms with van der Waals surface area (Å²) in [5, 5.41) is 14.1. The summed E-state index contributed by atoms with van der Waals surface area (Å²) in [7, 11) is 0. The number of carbonyl (C=O) groups excluding carboxylic acids is 2. The molecule has 0 aliphatic carbocycles. The summed E-state index contributed by atoms with van der Waals surface area (Å²) in [4.78, 5) is 33.1. The zero-order chi connectivity index (χ0) is 20.6. The third kappa shape index (κ3) is 5.47. The number of hydrogen-bond acceptors (Lipinski definition) is 5. The third-order valence-electron chi connectivity index (χ3n) is 4.25. The highest BCUT2D eigenvalue weighted by atomic mass is 16.2. The number of nitrogens with zero attached hydrogens (tertiary/aromatic N) is 3. The van der Waals surface area contributed by atoms with Gasteiger partial charge in [0.2, 0.25) is 0 Å². The minimum absolute atomic E-state index is 0.136. The molecule has 0 fully saturated rings. The molecule has 1 atom stereocenters. The summed E-state index contributed by atoms with van der Waals surface area (Å²) in [6.07, 6.45) is 3.51. The molecule has 1 aromatic carbocycles. The predicted molar refractivity (Wildman–Crippen MR) is 108 cm³/mol. The van der Waals surface area contributed by atoms with Crippen LogP contribution in [0.2, 0.25) is 0 Å². The predicted octanol–water partition coefficient (Wildman–Crippen LogP) is 2.70. The van der Waals surface area contributed by atoms with E-state index in [1.165, 1.54) is 18.3 Å². The zero-order valence-corrected chi connectivity index (χ0v) is 15.8. The lowest BCUT2D eigenvalue weighted by molar-refractivity contribution is -0.136. The molecule has 0 aliphatic rings. The minimum Gasteiger partial charge on any atom is -0.339 e. The van der Waals surface area contributed by atoms with E-state index in [4.69, 9.17) is 5.26 Å². The van der Waals surface area contributed by atoms with Crippen LogP contribution in [0.25, 0.3) is 0 Å². The molecule has 0 radical (unpaired) electrons. The van der Waals surface area contributed by atoms with E-state index in [9.17, 15) is 9.59 Å². The Labute approximate surface area is 168 Å². The molecule has 0 bridgehead atoms. The van der Waals surface area contributed by atoms with E-state index in [1.54, 1.807) is 18.3 Å². The monoisotopic (exact) mass is 385 g/mol. The van der Waals surface area contributed by atoms with Crippen LogP contribution >= 0.6 is 0 Å². The van der Waals surface area contributed by atoms with Gasteiger partial charge in [-0.1, -0.05) is 35.9 Å². The molecule has 2 aromatic heterocycles. The molecule has 0 saturated heterocycles. The molecule has 29 heavy (non-hydrogen) atoms. The van der Waals surface area contributed by atoms with Gasteiger partial charge in [0.15, 0.2) is 0 Å². The van der Waals surface area contributed by atoms with Crippen molar-refractivity contribution in [2.45, 2.75) is 19.4 Å². The van der Waals surface area contributed by atoms with Crippen LogP contribution < -0.4 is 10.6 Å². The van der Waals surface area contributed by atoms with Crippen molar-refractivity contribution >= 4 is 17.6 Å². The highest BCUT2D eigenvalue weighted by molar-refractivity contribution is 6.39. The quantitative estimate of drug-likeness (QED) is 0.657. The maximum absolute atomic E-state index is 12.5. The van der Waals surface area contributed by atoms with Crippen molar-refractivity contribution in [3.8, 4) is 6.07 Å². The Kier molecular flexibility index (Phi) is 6.28. The highest BCUT2D eigenvalue weighted by Crippen LogP contribution is 2.17. The van der Waals surface area contributed by atoms with E-state index >= 15 is 0 Å². The lowest BCUT2D eigenvalue weighted by Gasteiger charge is -2.18. The summed E-state index contributed by atoms with van der Waals surface area (Å²) < 4.78 is 0. The number of rotatable bonds is 5. The van der Waals surface area contributed by atoms with Gasteiger partial charge in [-0.25, -0.2) is 4.98 Å². The number of anilines is 1. The minimum atomic E-state index is -0.863. The fraction of sp³-hybridized carbons (Fsp3) is 0.136. The van der Waals surface area contributed by atoms with Gasteiger partial charge in [0.25, 0.3) is 0 Å². The van der Waals surface area contributed by atoms with Gasteiger partial charge in [-0.05, 0) is 43.2 Å². The lowest BCUT2D eigenvalue weighted by Crippen LogP contribution is -2.39. The van der Waals surface area contributed by atoms with E-state index in [2.05, 4.69) is 20.6 Å². The lowest BCUT2D eigenvalue weighted by atomic mass is 10.0. The molecule has 0 aliphatic heterocycles. The van der Waals surface area contributed by atoms with E-state index in [1.807, 2.05) is 43.3 Å². The van der Waals surface area contributed by atoms with E-state index in [-0.39, 0.29) is 5.82 Å². The van der Waals surface area contributed by atoms with Crippen LogP contribution in [0, 0.1) is 18.3 Å². The Bertz CT molecular complexity index is 1040. The average Bonchev–Trinajstić information content (AvgIpc) is 2.75. The molecule has 144 valence electrons. The standard InChI is InChI=1S/C22H19N5O2/c1-15-5-7-16(8-6-15)12-19(18-4-2-3-10-24-18)26-21(28)22(29)27-20-13-17(14-23)9-11-25-20/h2-11,13,19H,12H2,1H3,(H,26,28)(H,25,27,29)/t19-/m1/s1. The van der Waals surface area contributed by atoms with Crippen molar-refractivity contribution in [3.63, 3.8) is 0 Å². The molecule has 2 N–H and O–H groups in total. The van der Waals surface area contributed by atoms with Crippen LogP contribution in [0.5, 0.6) is 0 Å². The van der Waals surface area contributed by atoms with E-state index in [0.717, 1.165) is 11.1 Å². The Morgan fingerprint density at radius 2 is 1.83 bits per heavy atom. The van der Waals surface area contributed by atoms with Crippen molar-refractivity contribution in [1.82, 2.24) is 15.3 Å². The second kappa shape index (κ2) is 9.24. The molecule has 0 spiro atoms. The fourth-order valence-electron chi connectivity index (χ4n) is 2.74. The third-order valence-corrected chi connectivity index (χ3v) is 4.25. The summed E-state index contributed by atoms with van der Waals surface area (Å²) >= 11 is 0. The molecule has 2 heterocycles. The zero-order valence-electron chi connectivity index (χ0n) is 15.8. The number of aryl methyl sites for hydroxylation is 1. The number of aromatic nitrogens is 2. The topological polar surface area (TPSA) is 108 Å². The first-order valence-electron chi connectivity index (χ1n) is 8.99. The fourth-order valence-corrected chi connectivity index (χ4v) is 2.74. The van der Waals surface area contributed by atoms with Gasteiger partial charge in [-0.15, -0.1) is 0 Å². The van der Waals surface area contributed by atoms with Crippen molar-refractivity contribution < 1.29 is 9.59 Å². The van der Waals surface area contributed by atoms with Gasteiger partial charge >= 0.3 is 11.8 Å². The summed E-state index contributed by atoms with van der Waals surface area (Å²) in [5.74, 6) is -1.54. The molecule has 3 rings (SSSR count). The number of nitrogens with one attached hydrogen (secondary N) is 2. The number of hydrogen-bond donors (Lipinski definition) is 2. The molecule has 2 amide bonds. The Morgan fingerprint density at radius 3 is 2.52 bits per heavy atom. The number of pyridine rings is 2. The van der Waals surface area contributed by atoms with Crippen LogP contribution in [-0.4, -0.2) is 21.8 Å². The Hall–Kier alpha value is -4.05. The van der Waals surface area contributed by atoms with Gasteiger partial charge in [-0.3, -0.25) is 14.6 Å². The molecule has 0 unspecified atom stereocenters. The smallest absolute Gasteiger partial charge is 0.314 e. The van der Waals surface area contributed by atoms with Crippen LogP contribution in [0.4, 0.5) is 5.82 Å². The summed E-state index contributed by atoms with van der Waals surface area (Å²) in [6.45, 7) is 2.00. The van der Waals surface area contributed by atoms with Crippen LogP contribution in [-0.2, 0) is 16.0 Å². The first kappa shape index (κ1) is 19.7. The Morgan fingerprint density at radius 1 is 1.03 bits per heavy atom. The second-order valence-electron chi connectivity index (χ2n) is 6.47. The maximum Gasteiger partial charge on any atom is 0.314 e. The number of amides is 2.